The molecular weight excluding hydrogens is 274 g/mol. The lowest BCUT2D eigenvalue weighted by molar-refractivity contribution is -0.139. The molecule has 4 N–H and O–H groups in total. The second kappa shape index (κ2) is 6.69. The normalized spacial score (nSPS) is 11.6. The zero-order chi connectivity index (χ0) is 14.4. The van der Waals surface area contributed by atoms with Crippen molar-refractivity contribution in [2.24, 2.45) is 5.73 Å². The predicted molar refractivity (Wildman–Crippen MR) is 66.6 cm³/mol. The Morgan fingerprint density at radius 3 is 2.68 bits per heavy atom. The number of halogens is 1. The second-order valence-corrected chi connectivity index (χ2v) is 4.12. The molecular formula is C11H12ClN3O4. The van der Waals surface area contributed by atoms with Gasteiger partial charge < -0.3 is 16.2 Å². The molecule has 1 aromatic heterocycles. The summed E-state index contributed by atoms with van der Waals surface area (Å²) < 4.78 is 0. The van der Waals surface area contributed by atoms with Gasteiger partial charge in [0.2, 0.25) is 5.91 Å². The third-order valence-electron chi connectivity index (χ3n) is 2.27. The number of nitrogens with two attached hydrogens (primary N) is 1. The quantitative estimate of drug-likeness (QED) is 0.644. The van der Waals surface area contributed by atoms with Crippen molar-refractivity contribution in [3.63, 3.8) is 0 Å². The molecule has 0 radical (unpaired) electrons. The summed E-state index contributed by atoms with van der Waals surface area (Å²) in [6.45, 7) is 0. The molecule has 1 rings (SSSR count). The van der Waals surface area contributed by atoms with Crippen LogP contribution in [0.5, 0.6) is 0 Å². The van der Waals surface area contributed by atoms with E-state index >= 15 is 0 Å². The van der Waals surface area contributed by atoms with Gasteiger partial charge in [0.05, 0.1) is 0 Å². The van der Waals surface area contributed by atoms with Crippen molar-refractivity contribution in [1.82, 2.24) is 10.3 Å². The number of aliphatic carboxylic acids is 1. The Morgan fingerprint density at radius 1 is 1.47 bits per heavy atom. The molecule has 1 heterocycles. The van der Waals surface area contributed by atoms with Crippen molar-refractivity contribution in [1.29, 1.82) is 0 Å². The topological polar surface area (TPSA) is 122 Å². The van der Waals surface area contributed by atoms with Gasteiger partial charge in [0.25, 0.3) is 5.91 Å². The molecule has 1 atom stereocenters. The van der Waals surface area contributed by atoms with Crippen LogP contribution in [0.1, 0.15) is 23.2 Å². The number of nitrogens with zero attached hydrogens (tertiary/aromatic N) is 1. The van der Waals surface area contributed by atoms with Gasteiger partial charge in [-0.15, -0.1) is 0 Å². The first-order valence-electron chi connectivity index (χ1n) is 5.33. The lowest BCUT2D eigenvalue weighted by atomic mass is 10.1. The number of aromatic nitrogens is 1. The summed E-state index contributed by atoms with van der Waals surface area (Å²) in [4.78, 5) is 37.0. The van der Waals surface area contributed by atoms with E-state index in [0.717, 1.165) is 0 Å². The largest absolute Gasteiger partial charge is 0.480 e. The Hall–Kier alpha value is -2.15. The SMILES string of the molecule is NC(=O)CC[C@@H](NC(=O)c1ccnc(Cl)c1)C(=O)O. The number of rotatable bonds is 6. The maximum atomic E-state index is 11.8. The van der Waals surface area contributed by atoms with E-state index in [9.17, 15) is 14.4 Å². The van der Waals surface area contributed by atoms with Crippen LogP contribution in [0.2, 0.25) is 5.15 Å². The van der Waals surface area contributed by atoms with E-state index in [2.05, 4.69) is 10.3 Å². The summed E-state index contributed by atoms with van der Waals surface area (Å²) >= 11 is 5.62. The molecule has 0 spiro atoms. The van der Waals surface area contributed by atoms with E-state index in [0.29, 0.717) is 0 Å². The highest BCUT2D eigenvalue weighted by molar-refractivity contribution is 6.29. The van der Waals surface area contributed by atoms with Crippen molar-refractivity contribution in [2.75, 3.05) is 0 Å². The summed E-state index contributed by atoms with van der Waals surface area (Å²) in [5, 5.41) is 11.3. The van der Waals surface area contributed by atoms with Crippen LogP contribution in [0.25, 0.3) is 0 Å². The molecule has 0 aliphatic carbocycles. The Kier molecular flexibility index (Phi) is 5.25. The second-order valence-electron chi connectivity index (χ2n) is 3.74. The van der Waals surface area contributed by atoms with Crippen LogP contribution in [0, 0.1) is 0 Å². The van der Waals surface area contributed by atoms with Gasteiger partial charge in [-0.3, -0.25) is 9.59 Å². The highest BCUT2D eigenvalue weighted by atomic mass is 35.5. The van der Waals surface area contributed by atoms with E-state index in [1.54, 1.807) is 0 Å². The van der Waals surface area contributed by atoms with E-state index in [1.165, 1.54) is 18.3 Å². The summed E-state index contributed by atoms with van der Waals surface area (Å²) in [6, 6.07) is 1.52. The zero-order valence-electron chi connectivity index (χ0n) is 9.80. The number of hydrogen-bond acceptors (Lipinski definition) is 4. The summed E-state index contributed by atoms with van der Waals surface area (Å²) in [5.41, 5.74) is 5.12. The number of primary amides is 1. The number of amides is 2. The Bertz CT molecular complexity index is 506. The summed E-state index contributed by atoms with van der Waals surface area (Å²) in [7, 11) is 0. The molecule has 1 aromatic rings. The smallest absolute Gasteiger partial charge is 0.326 e. The minimum atomic E-state index is -1.24. The average Bonchev–Trinajstić information content (AvgIpc) is 2.33. The molecule has 7 nitrogen and oxygen atoms in total. The predicted octanol–water partition coefficient (Wildman–Crippen LogP) is 0.183. The van der Waals surface area contributed by atoms with Gasteiger partial charge in [0.1, 0.15) is 11.2 Å². The maximum absolute atomic E-state index is 11.8. The van der Waals surface area contributed by atoms with Crippen LogP contribution in [0.3, 0.4) is 0 Å². The van der Waals surface area contributed by atoms with Crippen LogP contribution < -0.4 is 11.1 Å². The van der Waals surface area contributed by atoms with E-state index in [4.69, 9.17) is 22.4 Å². The third kappa shape index (κ3) is 4.92. The molecule has 0 aliphatic heterocycles. The van der Waals surface area contributed by atoms with Crippen LogP contribution in [0.4, 0.5) is 0 Å². The molecule has 8 heteroatoms. The summed E-state index contributed by atoms with van der Waals surface area (Å²) in [6.07, 6.45) is 1.12. The number of carboxylic acids is 1. The molecule has 0 saturated carbocycles. The number of pyridine rings is 1. The van der Waals surface area contributed by atoms with Gasteiger partial charge in [-0.2, -0.15) is 0 Å². The first-order chi connectivity index (χ1) is 8.90. The van der Waals surface area contributed by atoms with Gasteiger partial charge >= 0.3 is 5.97 Å². The Balaban J connectivity index is 2.71. The van der Waals surface area contributed by atoms with Gasteiger partial charge in [-0.25, -0.2) is 9.78 Å². The third-order valence-corrected chi connectivity index (χ3v) is 2.48. The summed E-state index contributed by atoms with van der Waals surface area (Å²) in [5.74, 6) is -2.48. The van der Waals surface area contributed by atoms with Crippen molar-refractivity contribution < 1.29 is 19.5 Å². The molecule has 0 aliphatic rings. The molecule has 0 bridgehead atoms. The van der Waals surface area contributed by atoms with Crippen LogP contribution >= 0.6 is 11.6 Å². The highest BCUT2D eigenvalue weighted by Crippen LogP contribution is 2.08. The van der Waals surface area contributed by atoms with Crippen LogP contribution in [0.15, 0.2) is 18.3 Å². The number of carbonyl (C=O) groups excluding carboxylic acids is 2. The number of hydrogen-bond donors (Lipinski definition) is 3. The minimum Gasteiger partial charge on any atom is -0.480 e. The lowest BCUT2D eigenvalue weighted by Gasteiger charge is -2.13. The van der Waals surface area contributed by atoms with Crippen molar-refractivity contribution >= 4 is 29.4 Å². The van der Waals surface area contributed by atoms with Crippen LogP contribution in [-0.4, -0.2) is 33.9 Å². The molecule has 0 aromatic carbocycles. The lowest BCUT2D eigenvalue weighted by Crippen LogP contribution is -2.41. The maximum Gasteiger partial charge on any atom is 0.326 e. The molecule has 2 amide bonds. The zero-order valence-corrected chi connectivity index (χ0v) is 10.6. The van der Waals surface area contributed by atoms with Gasteiger partial charge in [0, 0.05) is 18.2 Å². The van der Waals surface area contributed by atoms with Crippen molar-refractivity contribution in [2.45, 2.75) is 18.9 Å². The molecule has 0 fully saturated rings. The standard InChI is InChI=1S/C11H12ClN3O4/c12-8-5-6(3-4-14-8)10(17)15-7(11(18)19)1-2-9(13)16/h3-5,7H,1-2H2,(H2,13,16)(H,15,17)(H,18,19)/t7-/m1/s1. The number of carbonyl (C=O) groups is 3. The van der Waals surface area contributed by atoms with Crippen LogP contribution in [-0.2, 0) is 9.59 Å². The van der Waals surface area contributed by atoms with Gasteiger partial charge in [-0.05, 0) is 18.6 Å². The molecule has 19 heavy (non-hydrogen) atoms. The van der Waals surface area contributed by atoms with E-state index in [1.807, 2.05) is 0 Å². The molecule has 0 unspecified atom stereocenters. The fourth-order valence-electron chi connectivity index (χ4n) is 1.33. The van der Waals surface area contributed by atoms with Gasteiger partial charge in [-0.1, -0.05) is 11.6 Å². The first kappa shape index (κ1) is 14.9. The van der Waals surface area contributed by atoms with Crippen molar-refractivity contribution in [3.05, 3.63) is 29.0 Å². The Morgan fingerprint density at radius 2 is 2.16 bits per heavy atom. The Labute approximate surface area is 113 Å². The monoisotopic (exact) mass is 285 g/mol. The number of carboxylic acid groups (broad SMARTS) is 1. The van der Waals surface area contributed by atoms with Gasteiger partial charge in [0.15, 0.2) is 0 Å². The number of nitrogens with one attached hydrogen (secondary N) is 1. The highest BCUT2D eigenvalue weighted by Gasteiger charge is 2.21. The average molecular weight is 286 g/mol. The van der Waals surface area contributed by atoms with E-state index < -0.39 is 23.8 Å². The first-order valence-corrected chi connectivity index (χ1v) is 5.71. The fraction of sp³-hybridized carbons (Fsp3) is 0.273. The minimum absolute atomic E-state index is 0.0742. The molecule has 0 saturated heterocycles. The van der Waals surface area contributed by atoms with E-state index in [-0.39, 0.29) is 23.6 Å². The fourth-order valence-corrected chi connectivity index (χ4v) is 1.50. The van der Waals surface area contributed by atoms with Crippen molar-refractivity contribution in [3.8, 4) is 0 Å². The molecule has 102 valence electrons.